The Bertz CT molecular complexity index is 635. The monoisotopic (exact) mass is 579 g/mol. The van der Waals surface area contributed by atoms with Gasteiger partial charge in [0.15, 0.2) is 0 Å². The number of carbonyl (C=O) groups is 4. The molecule has 0 saturated carbocycles. The van der Waals surface area contributed by atoms with Crippen molar-refractivity contribution < 1.29 is 19.2 Å². The molecular formula is C35H66N2O4. The van der Waals surface area contributed by atoms with E-state index in [1.54, 1.807) is 6.92 Å². The zero-order chi connectivity index (χ0) is 32.5. The first-order chi connectivity index (χ1) is 19.0. The first-order valence-electron chi connectivity index (χ1n) is 14.5. The van der Waals surface area contributed by atoms with Crippen molar-refractivity contribution in [2.45, 2.75) is 116 Å². The van der Waals surface area contributed by atoms with Gasteiger partial charge in [-0.15, -0.1) is 0 Å². The molecule has 0 unspecified atom stereocenters. The maximum Gasteiger partial charge on any atom is 0.227 e. The molecule has 0 atom stereocenters. The molecule has 0 saturated heterocycles. The topological polar surface area (TPSA) is 92.3 Å². The van der Waals surface area contributed by atoms with Crippen LogP contribution in [0.25, 0.3) is 0 Å². The predicted octanol–water partition coefficient (Wildman–Crippen LogP) is 9.10. The molecule has 2 aromatic rings. The summed E-state index contributed by atoms with van der Waals surface area (Å²) in [6.07, 6.45) is 3.17. The van der Waals surface area contributed by atoms with Gasteiger partial charge in [-0.25, -0.2) is 0 Å². The van der Waals surface area contributed by atoms with Gasteiger partial charge in [0.05, 0.1) is 6.42 Å². The number of hydrogen-bond acceptors (Lipinski definition) is 4. The Balaban J connectivity index is -0.0000000665. The highest BCUT2D eigenvalue weighted by Crippen LogP contribution is 1.81. The molecule has 0 heterocycles. The molecular weight excluding hydrogens is 512 g/mol. The lowest BCUT2D eigenvalue weighted by molar-refractivity contribution is -0.127. The van der Waals surface area contributed by atoms with Crippen molar-refractivity contribution in [1.82, 2.24) is 10.6 Å². The van der Waals surface area contributed by atoms with E-state index in [9.17, 15) is 19.2 Å². The molecule has 0 aromatic heterocycles. The van der Waals surface area contributed by atoms with E-state index in [0.29, 0.717) is 13.0 Å². The number of amides is 2. The zero-order valence-electron chi connectivity index (χ0n) is 27.8. The van der Waals surface area contributed by atoms with E-state index >= 15 is 0 Å². The van der Waals surface area contributed by atoms with Crippen LogP contribution in [0.2, 0.25) is 0 Å². The van der Waals surface area contributed by atoms with Gasteiger partial charge in [-0.05, 0) is 27.7 Å². The summed E-state index contributed by atoms with van der Waals surface area (Å²) in [5, 5.41) is 5.09. The fraction of sp³-hybridized carbons (Fsp3) is 0.543. The summed E-state index contributed by atoms with van der Waals surface area (Å²) >= 11 is 0. The molecule has 0 aliphatic carbocycles. The summed E-state index contributed by atoms with van der Waals surface area (Å²) in [6, 6.07) is 24.0. The minimum atomic E-state index is -0.190. The lowest BCUT2D eigenvalue weighted by Gasteiger charge is -1.96. The predicted molar refractivity (Wildman–Crippen MR) is 182 cm³/mol. The van der Waals surface area contributed by atoms with E-state index in [4.69, 9.17) is 0 Å². The number of hydrogen-bond donors (Lipinski definition) is 2. The first-order valence-corrected chi connectivity index (χ1v) is 14.5. The van der Waals surface area contributed by atoms with Gasteiger partial charge in [-0.1, -0.05) is 142 Å². The average Bonchev–Trinajstić information content (AvgIpc) is 2.94. The van der Waals surface area contributed by atoms with Crippen LogP contribution in [-0.2, 0) is 19.2 Å². The Labute approximate surface area is 255 Å². The lowest BCUT2D eigenvalue weighted by Crippen LogP contribution is -2.24. The van der Waals surface area contributed by atoms with Gasteiger partial charge >= 0.3 is 0 Å². The molecule has 2 aromatic carbocycles. The first kappa shape index (κ1) is 53.9. The molecule has 6 nitrogen and oxygen atoms in total. The van der Waals surface area contributed by atoms with Crippen LogP contribution in [0, 0.1) is 0 Å². The summed E-state index contributed by atoms with van der Waals surface area (Å²) in [7, 11) is 0. The third-order valence-corrected chi connectivity index (χ3v) is 3.04. The highest BCUT2D eigenvalue weighted by Gasteiger charge is 2.00. The molecule has 0 bridgehead atoms. The maximum atomic E-state index is 10.5. The van der Waals surface area contributed by atoms with Gasteiger partial charge in [0.1, 0.15) is 11.6 Å². The molecule has 0 aliphatic heterocycles. The van der Waals surface area contributed by atoms with Crippen LogP contribution in [0.5, 0.6) is 0 Å². The Morgan fingerprint density at radius 1 is 0.488 bits per heavy atom. The Morgan fingerprint density at radius 3 is 0.805 bits per heavy atom. The molecule has 0 aliphatic rings. The number of Topliss-reactive ketones (excluding diaryl/α,β-unsaturated/α-hetero) is 2. The van der Waals surface area contributed by atoms with Gasteiger partial charge < -0.3 is 15.4 Å². The van der Waals surface area contributed by atoms with Crippen molar-refractivity contribution in [2.24, 2.45) is 0 Å². The molecule has 2 N–H and O–H groups in total. The largest absolute Gasteiger partial charge is 0.357 e. The van der Waals surface area contributed by atoms with Crippen molar-refractivity contribution in [3.05, 3.63) is 72.8 Å². The highest BCUT2D eigenvalue weighted by molar-refractivity contribution is 5.96. The van der Waals surface area contributed by atoms with Gasteiger partial charge in [0.25, 0.3) is 0 Å². The summed E-state index contributed by atoms with van der Waals surface area (Å²) in [6.45, 7) is 23.9. The number of carbonyl (C=O) groups excluding carboxylic acids is 4. The molecule has 2 rings (SSSR count). The van der Waals surface area contributed by atoms with Crippen molar-refractivity contribution in [3.63, 3.8) is 0 Å². The Kier molecular flexibility index (Phi) is 74.7. The van der Waals surface area contributed by atoms with Crippen LogP contribution in [0.3, 0.4) is 0 Å². The third kappa shape index (κ3) is 103. The standard InChI is InChI=1S/C6H11NO2.2C6H6.C4H9NO.C4H8O.2C3H8.C2H6.CH4/c1-3-7-6(9)4-5(2)8;2*1-2-4-6-5-3-1;1-3-5-4(2)6;1-3-4(2)5;2*1-3-2;1-2;/h3-4H2,1-2H3,(H,7,9);2*1-6H;3H2,1-2H3,(H,5,6);3H2,1-2H3;2*3H2,1-2H3;1-2H3;1H4. The van der Waals surface area contributed by atoms with Crippen molar-refractivity contribution >= 4 is 23.4 Å². The minimum Gasteiger partial charge on any atom is -0.357 e. The van der Waals surface area contributed by atoms with Crippen LogP contribution in [-0.4, -0.2) is 36.5 Å². The fourth-order valence-electron chi connectivity index (χ4n) is 1.50. The summed E-state index contributed by atoms with van der Waals surface area (Å²) in [4.78, 5) is 40.5. The van der Waals surface area contributed by atoms with E-state index in [1.165, 1.54) is 26.7 Å². The molecule has 0 spiro atoms. The molecule has 6 heteroatoms. The zero-order valence-corrected chi connectivity index (χ0v) is 27.8. The van der Waals surface area contributed by atoms with Crippen molar-refractivity contribution in [2.75, 3.05) is 13.1 Å². The van der Waals surface area contributed by atoms with Crippen molar-refractivity contribution in [3.8, 4) is 0 Å². The number of nitrogens with one attached hydrogen (secondary N) is 2. The van der Waals surface area contributed by atoms with E-state index in [1.807, 2.05) is 107 Å². The van der Waals surface area contributed by atoms with Crippen LogP contribution in [0.4, 0.5) is 0 Å². The van der Waals surface area contributed by atoms with Gasteiger partial charge in [0, 0.05) is 26.4 Å². The minimum absolute atomic E-state index is 0. The van der Waals surface area contributed by atoms with Crippen LogP contribution < -0.4 is 10.6 Å². The molecule has 2 amide bonds. The van der Waals surface area contributed by atoms with Crippen LogP contribution in [0.1, 0.15) is 116 Å². The molecule has 0 radical (unpaired) electrons. The second-order valence-electron chi connectivity index (χ2n) is 7.70. The van der Waals surface area contributed by atoms with E-state index in [-0.39, 0.29) is 37.2 Å². The lowest BCUT2D eigenvalue weighted by atomic mass is 10.3. The average molecular weight is 579 g/mol. The Morgan fingerprint density at radius 2 is 0.707 bits per heavy atom. The van der Waals surface area contributed by atoms with E-state index in [0.717, 1.165) is 6.54 Å². The smallest absolute Gasteiger partial charge is 0.227 e. The third-order valence-electron chi connectivity index (χ3n) is 3.04. The Hall–Kier alpha value is -3.28. The van der Waals surface area contributed by atoms with Gasteiger partial charge in [0.2, 0.25) is 11.8 Å². The second-order valence-corrected chi connectivity index (χ2v) is 7.70. The number of rotatable bonds is 5. The number of benzene rings is 2. The number of ketones is 2. The SMILES string of the molecule is C.CC.CCC.CCC.CCC(C)=O.CCNC(=O)CC(C)=O.CCNC(C)=O.c1ccccc1.c1ccccc1. The molecule has 0 fully saturated rings. The van der Waals surface area contributed by atoms with Gasteiger partial charge in [-0.3, -0.25) is 14.4 Å². The van der Waals surface area contributed by atoms with Gasteiger partial charge in [-0.2, -0.15) is 0 Å². The summed E-state index contributed by atoms with van der Waals surface area (Å²) in [5.41, 5.74) is 0. The molecule has 240 valence electrons. The normalized spacial score (nSPS) is 7.32. The van der Waals surface area contributed by atoms with Crippen LogP contribution >= 0.6 is 0 Å². The summed E-state index contributed by atoms with van der Waals surface area (Å²) < 4.78 is 0. The van der Waals surface area contributed by atoms with Crippen LogP contribution in [0.15, 0.2) is 72.8 Å². The maximum absolute atomic E-state index is 10.5. The highest BCUT2D eigenvalue weighted by atomic mass is 16.2. The fourth-order valence-corrected chi connectivity index (χ4v) is 1.50. The summed E-state index contributed by atoms with van der Waals surface area (Å²) in [5.74, 6) is 0.00782. The van der Waals surface area contributed by atoms with E-state index < -0.39 is 0 Å². The van der Waals surface area contributed by atoms with Crippen molar-refractivity contribution in [1.29, 1.82) is 0 Å². The van der Waals surface area contributed by atoms with E-state index in [2.05, 4.69) is 38.3 Å². The quantitative estimate of drug-likeness (QED) is 0.346. The second kappa shape index (κ2) is 56.8. The molecule has 41 heavy (non-hydrogen) atoms.